The number of sulfonamides is 1. The molecule has 5 rings (SSSR count). The van der Waals surface area contributed by atoms with Crippen molar-refractivity contribution in [1.29, 1.82) is 0 Å². The Hall–Kier alpha value is -3.48. The lowest BCUT2D eigenvalue weighted by Crippen LogP contribution is -2.38. The zero-order chi connectivity index (χ0) is 26.9. The summed E-state index contributed by atoms with van der Waals surface area (Å²) in [6.45, 7) is 4.17. The smallest absolute Gasteiger partial charge is 0.274 e. The van der Waals surface area contributed by atoms with Crippen molar-refractivity contribution < 1.29 is 18.0 Å². The molecule has 12 heteroatoms. The highest BCUT2D eigenvalue weighted by Gasteiger charge is 2.31. The first-order valence-corrected chi connectivity index (χ1v) is 15.2. The number of hydrogen-bond donors (Lipinski definition) is 2. The van der Waals surface area contributed by atoms with Gasteiger partial charge < -0.3 is 10.2 Å². The standard InChI is InChI=1S/C26H25N5O4S3/c1-16-9-13-37-23(16)15-20(29-24(32)22-4-3-12-36-22)25(33)31-11-8-18-14-19(5-6-21(18)31)38(34,35)30-26-27-10-7-17(2)28-26/h3-7,9-10,12-16,23H,8,11H2,1-2H3,(H,29,32)(H,27,28,30). The monoisotopic (exact) mass is 567 g/mol. The van der Waals surface area contributed by atoms with E-state index in [9.17, 15) is 18.0 Å². The number of fused-ring (bicyclic) bond motifs is 1. The maximum Gasteiger partial charge on any atom is 0.274 e. The van der Waals surface area contributed by atoms with Crippen molar-refractivity contribution >= 4 is 56.6 Å². The van der Waals surface area contributed by atoms with Crippen LogP contribution in [0.4, 0.5) is 11.6 Å². The highest BCUT2D eigenvalue weighted by Crippen LogP contribution is 2.34. The Morgan fingerprint density at radius 3 is 2.76 bits per heavy atom. The number of anilines is 2. The van der Waals surface area contributed by atoms with E-state index < -0.39 is 10.0 Å². The van der Waals surface area contributed by atoms with Gasteiger partial charge in [-0.2, -0.15) is 0 Å². The molecule has 9 nitrogen and oxygen atoms in total. The fourth-order valence-electron chi connectivity index (χ4n) is 4.19. The molecular formula is C26H25N5O4S3. The Morgan fingerprint density at radius 1 is 1.21 bits per heavy atom. The number of amides is 2. The summed E-state index contributed by atoms with van der Waals surface area (Å²) in [7, 11) is -3.92. The van der Waals surface area contributed by atoms with Crippen LogP contribution in [-0.4, -0.2) is 42.0 Å². The van der Waals surface area contributed by atoms with Crippen molar-refractivity contribution in [3.63, 3.8) is 0 Å². The summed E-state index contributed by atoms with van der Waals surface area (Å²) in [6, 6.07) is 9.81. The largest absolute Gasteiger partial charge is 0.317 e. The molecule has 0 saturated heterocycles. The van der Waals surface area contributed by atoms with Crippen LogP contribution in [0.15, 0.2) is 76.1 Å². The van der Waals surface area contributed by atoms with Crippen LogP contribution in [0.2, 0.25) is 0 Å². The second kappa shape index (κ2) is 10.7. The van der Waals surface area contributed by atoms with Gasteiger partial charge in [0.1, 0.15) is 5.70 Å². The Bertz CT molecular complexity index is 1550. The Balaban J connectivity index is 1.40. The van der Waals surface area contributed by atoms with Gasteiger partial charge in [0, 0.05) is 29.4 Å². The van der Waals surface area contributed by atoms with E-state index in [0.29, 0.717) is 29.2 Å². The first-order valence-electron chi connectivity index (χ1n) is 11.9. The van der Waals surface area contributed by atoms with Gasteiger partial charge in [0.15, 0.2) is 0 Å². The lowest BCUT2D eigenvalue weighted by atomic mass is 10.1. The number of thioether (sulfide) groups is 1. The number of nitrogens with one attached hydrogen (secondary N) is 2. The summed E-state index contributed by atoms with van der Waals surface area (Å²) in [4.78, 5) is 36.8. The number of thiophene rings is 1. The van der Waals surface area contributed by atoms with E-state index in [1.54, 1.807) is 59.3 Å². The van der Waals surface area contributed by atoms with Gasteiger partial charge >= 0.3 is 0 Å². The third kappa shape index (κ3) is 5.52. The van der Waals surface area contributed by atoms with Gasteiger partial charge in [-0.25, -0.2) is 23.1 Å². The maximum atomic E-state index is 13.7. The fraction of sp³-hybridized carbons (Fsp3) is 0.231. The highest BCUT2D eigenvalue weighted by molar-refractivity contribution is 8.03. The summed E-state index contributed by atoms with van der Waals surface area (Å²) in [5, 5.41) is 6.64. The van der Waals surface area contributed by atoms with E-state index in [2.05, 4.69) is 33.0 Å². The van der Waals surface area contributed by atoms with Crippen LogP contribution in [0.1, 0.15) is 27.9 Å². The third-order valence-electron chi connectivity index (χ3n) is 6.21. The van der Waals surface area contributed by atoms with Crippen molar-refractivity contribution in [2.24, 2.45) is 5.92 Å². The number of aromatic nitrogens is 2. The van der Waals surface area contributed by atoms with Crippen molar-refractivity contribution in [2.45, 2.75) is 30.4 Å². The summed E-state index contributed by atoms with van der Waals surface area (Å²) in [5.74, 6) is -0.472. The van der Waals surface area contributed by atoms with Crippen LogP contribution in [0.3, 0.4) is 0 Å². The Kier molecular flexibility index (Phi) is 7.37. The molecule has 2 amide bonds. The zero-order valence-electron chi connectivity index (χ0n) is 20.6. The van der Waals surface area contributed by atoms with Crippen molar-refractivity contribution in [3.8, 4) is 0 Å². The van der Waals surface area contributed by atoms with Crippen LogP contribution in [-0.2, 0) is 21.2 Å². The molecule has 38 heavy (non-hydrogen) atoms. The number of hydrogen-bond acceptors (Lipinski definition) is 8. The number of nitrogens with zero attached hydrogens (tertiary/aromatic N) is 3. The lowest BCUT2D eigenvalue weighted by Gasteiger charge is -2.21. The summed E-state index contributed by atoms with van der Waals surface area (Å²) in [5.41, 5.74) is 2.18. The van der Waals surface area contributed by atoms with Gasteiger partial charge in [-0.3, -0.25) is 9.59 Å². The predicted octanol–water partition coefficient (Wildman–Crippen LogP) is 4.12. The van der Waals surface area contributed by atoms with Crippen molar-refractivity contribution in [3.05, 3.63) is 87.4 Å². The predicted molar refractivity (Wildman–Crippen MR) is 150 cm³/mol. The number of carbonyl (C=O) groups excluding carboxylic acids is 2. The van der Waals surface area contributed by atoms with Crippen LogP contribution in [0, 0.1) is 12.8 Å². The molecule has 0 fully saturated rings. The molecule has 1 aromatic carbocycles. The van der Waals surface area contributed by atoms with Crippen LogP contribution in [0.5, 0.6) is 0 Å². The van der Waals surface area contributed by atoms with Gasteiger partial charge in [-0.05, 0) is 72.0 Å². The lowest BCUT2D eigenvalue weighted by molar-refractivity contribution is -0.115. The first-order chi connectivity index (χ1) is 18.2. The number of aryl methyl sites for hydroxylation is 1. The molecule has 4 heterocycles. The van der Waals surface area contributed by atoms with Gasteiger partial charge in [0.25, 0.3) is 21.8 Å². The molecule has 2 aromatic heterocycles. The van der Waals surface area contributed by atoms with Gasteiger partial charge in [0.05, 0.1) is 9.77 Å². The summed E-state index contributed by atoms with van der Waals surface area (Å²) < 4.78 is 28.3. The molecule has 0 radical (unpaired) electrons. The number of rotatable bonds is 7. The van der Waals surface area contributed by atoms with E-state index >= 15 is 0 Å². The van der Waals surface area contributed by atoms with Crippen molar-refractivity contribution in [2.75, 3.05) is 16.2 Å². The molecule has 0 bridgehead atoms. The Morgan fingerprint density at radius 2 is 2.05 bits per heavy atom. The molecule has 3 aromatic rings. The average molecular weight is 568 g/mol. The quantitative estimate of drug-likeness (QED) is 0.412. The van der Waals surface area contributed by atoms with E-state index in [1.165, 1.54) is 23.6 Å². The molecule has 2 aliphatic heterocycles. The molecule has 0 saturated carbocycles. The maximum absolute atomic E-state index is 13.7. The number of carbonyl (C=O) groups is 2. The fourth-order valence-corrected chi connectivity index (χ4v) is 6.88. The highest BCUT2D eigenvalue weighted by atomic mass is 32.2. The minimum Gasteiger partial charge on any atom is -0.317 e. The van der Waals surface area contributed by atoms with Crippen LogP contribution in [0.25, 0.3) is 0 Å². The molecule has 2 N–H and O–H groups in total. The molecule has 2 atom stereocenters. The van der Waals surface area contributed by atoms with Gasteiger partial charge in [0.2, 0.25) is 5.95 Å². The normalized spacial score (nSPS) is 18.9. The second-order valence-electron chi connectivity index (χ2n) is 8.92. The van der Waals surface area contributed by atoms with Gasteiger partial charge in [-0.1, -0.05) is 19.1 Å². The SMILES string of the molecule is Cc1ccnc(NS(=O)(=O)c2ccc3c(c2)CCN3C(=O)C(=CC2SC=CC2C)NC(=O)c2cccs2)n1. The number of benzene rings is 1. The molecule has 2 aliphatic rings. The third-order valence-corrected chi connectivity index (χ3v) is 9.60. The van der Waals surface area contributed by atoms with Crippen LogP contribution >= 0.6 is 23.1 Å². The molecule has 2 unspecified atom stereocenters. The minimum absolute atomic E-state index is 0.00735. The zero-order valence-corrected chi connectivity index (χ0v) is 23.1. The van der Waals surface area contributed by atoms with E-state index in [1.807, 2.05) is 11.5 Å². The summed E-state index contributed by atoms with van der Waals surface area (Å²) in [6.07, 6.45) is 5.84. The van der Waals surface area contributed by atoms with Crippen molar-refractivity contribution in [1.82, 2.24) is 15.3 Å². The minimum atomic E-state index is -3.92. The average Bonchev–Trinajstić information content (AvgIpc) is 3.64. The van der Waals surface area contributed by atoms with E-state index in [-0.39, 0.29) is 39.5 Å². The second-order valence-corrected chi connectivity index (χ2v) is 12.6. The van der Waals surface area contributed by atoms with Crippen LogP contribution < -0.4 is 14.9 Å². The molecular weight excluding hydrogens is 543 g/mol. The molecule has 0 spiro atoms. The van der Waals surface area contributed by atoms with Gasteiger partial charge in [-0.15, -0.1) is 23.1 Å². The Labute approximate surface area is 229 Å². The molecule has 0 aliphatic carbocycles. The first kappa shape index (κ1) is 26.1. The summed E-state index contributed by atoms with van der Waals surface area (Å²) >= 11 is 2.90. The van der Waals surface area contributed by atoms with E-state index in [0.717, 1.165) is 5.56 Å². The topological polar surface area (TPSA) is 121 Å². The van der Waals surface area contributed by atoms with E-state index in [4.69, 9.17) is 0 Å². The molecule has 196 valence electrons. The number of allylic oxidation sites excluding steroid dienone is 1.